The van der Waals surface area contributed by atoms with Crippen molar-refractivity contribution in [3.05, 3.63) is 40.2 Å². The minimum Gasteiger partial charge on any atom is -0.480 e. The molecule has 2 aromatic heterocycles. The van der Waals surface area contributed by atoms with Crippen molar-refractivity contribution in [1.29, 1.82) is 0 Å². The standard InChI is InChI=1S/C19H27N5O4/c1-4-23-16(21-24(19(23)26)12-13-27-2)14-7-10-22(11-8-14)18(25)15-6-5-9-20-17(15)28-3/h5-6,9,14H,4,7-8,10-13H2,1-3H3. The third-order valence-electron chi connectivity index (χ3n) is 5.12. The first-order chi connectivity index (χ1) is 13.6. The van der Waals surface area contributed by atoms with Gasteiger partial charge in [-0.15, -0.1) is 0 Å². The maximum atomic E-state index is 12.8. The zero-order valence-corrected chi connectivity index (χ0v) is 16.6. The molecule has 2 aromatic rings. The molecule has 0 radical (unpaired) electrons. The summed E-state index contributed by atoms with van der Waals surface area (Å²) in [7, 11) is 3.11. The summed E-state index contributed by atoms with van der Waals surface area (Å²) < 4.78 is 13.5. The SMILES string of the molecule is CCn1c(C2CCN(C(=O)c3cccnc3OC)CC2)nn(CCOC)c1=O. The number of aromatic nitrogens is 4. The van der Waals surface area contributed by atoms with Gasteiger partial charge in [0, 0.05) is 38.9 Å². The topological polar surface area (TPSA) is 91.5 Å². The number of piperidine rings is 1. The van der Waals surface area contributed by atoms with Crippen LogP contribution in [0.3, 0.4) is 0 Å². The van der Waals surface area contributed by atoms with Crippen molar-refractivity contribution in [3.8, 4) is 5.88 Å². The second-order valence-corrected chi connectivity index (χ2v) is 6.73. The summed E-state index contributed by atoms with van der Waals surface area (Å²) in [5.74, 6) is 1.21. The van der Waals surface area contributed by atoms with Gasteiger partial charge in [0.05, 0.1) is 20.3 Å². The van der Waals surface area contributed by atoms with Gasteiger partial charge in [0.1, 0.15) is 11.4 Å². The Hall–Kier alpha value is -2.68. The molecule has 9 nitrogen and oxygen atoms in total. The van der Waals surface area contributed by atoms with E-state index in [0.717, 1.165) is 18.7 Å². The van der Waals surface area contributed by atoms with Crippen LogP contribution in [-0.4, -0.2) is 64.1 Å². The zero-order valence-electron chi connectivity index (χ0n) is 16.6. The van der Waals surface area contributed by atoms with E-state index in [1.807, 2.05) is 11.8 Å². The van der Waals surface area contributed by atoms with Crippen molar-refractivity contribution in [1.82, 2.24) is 24.2 Å². The summed E-state index contributed by atoms with van der Waals surface area (Å²) >= 11 is 0. The van der Waals surface area contributed by atoms with Crippen molar-refractivity contribution in [2.75, 3.05) is 33.9 Å². The minimum atomic E-state index is -0.104. The van der Waals surface area contributed by atoms with Crippen LogP contribution < -0.4 is 10.4 Å². The van der Waals surface area contributed by atoms with E-state index in [1.165, 1.54) is 11.8 Å². The summed E-state index contributed by atoms with van der Waals surface area (Å²) in [6.07, 6.45) is 3.12. The van der Waals surface area contributed by atoms with Crippen LogP contribution in [0.4, 0.5) is 0 Å². The molecule has 0 spiro atoms. The Balaban J connectivity index is 1.72. The molecule has 3 rings (SSSR count). The average Bonchev–Trinajstić information content (AvgIpc) is 3.07. The number of hydrogen-bond acceptors (Lipinski definition) is 6. The van der Waals surface area contributed by atoms with Crippen molar-refractivity contribution in [2.24, 2.45) is 0 Å². The molecule has 1 aliphatic rings. The lowest BCUT2D eigenvalue weighted by atomic mass is 9.95. The molecule has 1 saturated heterocycles. The lowest BCUT2D eigenvalue weighted by molar-refractivity contribution is 0.0705. The quantitative estimate of drug-likeness (QED) is 0.705. The third-order valence-corrected chi connectivity index (χ3v) is 5.12. The van der Waals surface area contributed by atoms with Gasteiger partial charge in [-0.1, -0.05) is 0 Å². The van der Waals surface area contributed by atoms with Gasteiger partial charge < -0.3 is 14.4 Å². The molecule has 0 N–H and O–H groups in total. The van der Waals surface area contributed by atoms with Gasteiger partial charge >= 0.3 is 5.69 Å². The van der Waals surface area contributed by atoms with E-state index < -0.39 is 0 Å². The van der Waals surface area contributed by atoms with Crippen LogP contribution in [0, 0.1) is 0 Å². The second-order valence-electron chi connectivity index (χ2n) is 6.73. The van der Waals surface area contributed by atoms with Crippen LogP contribution in [0.2, 0.25) is 0 Å². The summed E-state index contributed by atoms with van der Waals surface area (Å²) in [5.41, 5.74) is 0.367. The van der Waals surface area contributed by atoms with Gasteiger partial charge in [0.2, 0.25) is 5.88 Å². The van der Waals surface area contributed by atoms with E-state index in [0.29, 0.717) is 44.2 Å². The van der Waals surface area contributed by atoms with Gasteiger partial charge in [0.15, 0.2) is 0 Å². The Labute approximate surface area is 163 Å². The van der Waals surface area contributed by atoms with E-state index in [2.05, 4.69) is 10.1 Å². The number of pyridine rings is 1. The molecule has 3 heterocycles. The maximum absolute atomic E-state index is 12.8. The highest BCUT2D eigenvalue weighted by atomic mass is 16.5. The van der Waals surface area contributed by atoms with Crippen LogP contribution in [0.15, 0.2) is 23.1 Å². The number of amides is 1. The van der Waals surface area contributed by atoms with E-state index in [1.54, 1.807) is 30.0 Å². The number of methoxy groups -OCH3 is 2. The Morgan fingerprint density at radius 3 is 2.68 bits per heavy atom. The van der Waals surface area contributed by atoms with Gasteiger partial charge in [-0.25, -0.2) is 14.5 Å². The number of rotatable bonds is 7. The van der Waals surface area contributed by atoms with Gasteiger partial charge in [0.25, 0.3) is 5.91 Å². The number of carbonyl (C=O) groups excluding carboxylic acids is 1. The lowest BCUT2D eigenvalue weighted by Crippen LogP contribution is -2.38. The third kappa shape index (κ3) is 3.94. The lowest BCUT2D eigenvalue weighted by Gasteiger charge is -2.31. The van der Waals surface area contributed by atoms with Gasteiger partial charge in [-0.2, -0.15) is 5.10 Å². The molecular formula is C19H27N5O4. The monoisotopic (exact) mass is 389 g/mol. The van der Waals surface area contributed by atoms with Crippen LogP contribution in [0.25, 0.3) is 0 Å². The molecule has 1 fully saturated rings. The molecule has 28 heavy (non-hydrogen) atoms. The zero-order chi connectivity index (χ0) is 20.1. The van der Waals surface area contributed by atoms with Crippen molar-refractivity contribution >= 4 is 5.91 Å². The maximum Gasteiger partial charge on any atom is 0.345 e. The second kappa shape index (κ2) is 9.01. The molecule has 152 valence electrons. The minimum absolute atomic E-state index is 0.0816. The van der Waals surface area contributed by atoms with Crippen LogP contribution in [0.1, 0.15) is 41.9 Å². The summed E-state index contributed by atoms with van der Waals surface area (Å²) in [5, 5.41) is 4.55. The van der Waals surface area contributed by atoms with E-state index in [-0.39, 0.29) is 17.5 Å². The van der Waals surface area contributed by atoms with Crippen molar-refractivity contribution in [2.45, 2.75) is 38.8 Å². The Morgan fingerprint density at radius 1 is 1.29 bits per heavy atom. The molecule has 0 saturated carbocycles. The molecule has 1 amide bonds. The first kappa shape index (κ1) is 20.1. The highest BCUT2D eigenvalue weighted by Crippen LogP contribution is 2.28. The first-order valence-corrected chi connectivity index (χ1v) is 9.55. The van der Waals surface area contributed by atoms with Crippen LogP contribution in [-0.2, 0) is 17.8 Å². The van der Waals surface area contributed by atoms with E-state index >= 15 is 0 Å². The van der Waals surface area contributed by atoms with Crippen LogP contribution in [0.5, 0.6) is 5.88 Å². The number of likely N-dealkylation sites (tertiary alicyclic amines) is 1. The molecule has 0 unspecified atom stereocenters. The largest absolute Gasteiger partial charge is 0.480 e. The molecule has 9 heteroatoms. The molecule has 0 aliphatic carbocycles. The molecule has 0 atom stereocenters. The average molecular weight is 389 g/mol. The summed E-state index contributed by atoms with van der Waals surface area (Å²) in [4.78, 5) is 31.3. The highest BCUT2D eigenvalue weighted by Gasteiger charge is 2.29. The molecule has 0 aromatic carbocycles. The van der Waals surface area contributed by atoms with Gasteiger partial charge in [-0.3, -0.25) is 9.36 Å². The summed E-state index contributed by atoms with van der Waals surface area (Å²) in [6.45, 7) is 4.61. The first-order valence-electron chi connectivity index (χ1n) is 9.55. The van der Waals surface area contributed by atoms with Crippen molar-refractivity contribution in [3.63, 3.8) is 0 Å². The van der Waals surface area contributed by atoms with Crippen LogP contribution >= 0.6 is 0 Å². The highest BCUT2D eigenvalue weighted by molar-refractivity contribution is 5.96. The fraction of sp³-hybridized carbons (Fsp3) is 0.579. The van der Waals surface area contributed by atoms with E-state index in [9.17, 15) is 9.59 Å². The Bertz CT molecular complexity index is 867. The number of hydrogen-bond donors (Lipinski definition) is 0. The smallest absolute Gasteiger partial charge is 0.345 e. The fourth-order valence-electron chi connectivity index (χ4n) is 3.61. The predicted octanol–water partition coefficient (Wildman–Crippen LogP) is 1.13. The number of carbonyl (C=O) groups is 1. The van der Waals surface area contributed by atoms with E-state index in [4.69, 9.17) is 9.47 Å². The normalized spacial score (nSPS) is 15.0. The fourth-order valence-corrected chi connectivity index (χ4v) is 3.61. The van der Waals surface area contributed by atoms with Gasteiger partial charge in [-0.05, 0) is 31.9 Å². The number of nitrogens with zero attached hydrogens (tertiary/aromatic N) is 5. The Kier molecular flexibility index (Phi) is 6.45. The molecular weight excluding hydrogens is 362 g/mol. The molecule has 1 aliphatic heterocycles. The number of ether oxygens (including phenoxy) is 2. The van der Waals surface area contributed by atoms with Crippen molar-refractivity contribution < 1.29 is 14.3 Å². The summed E-state index contributed by atoms with van der Waals surface area (Å²) in [6, 6.07) is 3.46. The Morgan fingerprint density at radius 2 is 2.04 bits per heavy atom. The predicted molar refractivity (Wildman–Crippen MR) is 103 cm³/mol. The molecule has 0 bridgehead atoms.